The Balaban J connectivity index is 1.89. The molecule has 38 heavy (non-hydrogen) atoms. The molecule has 5 nitrogen and oxygen atoms in total. The first-order chi connectivity index (χ1) is 18.3. The molecular formula is C33H42N2O3. The van der Waals surface area contributed by atoms with Crippen molar-refractivity contribution < 1.29 is 14.3 Å². The zero-order valence-electron chi connectivity index (χ0n) is 23.4. The van der Waals surface area contributed by atoms with Crippen LogP contribution in [0, 0.1) is 5.92 Å². The maximum absolute atomic E-state index is 13.8. The summed E-state index contributed by atoms with van der Waals surface area (Å²) < 4.78 is 5.41. The molecule has 0 aromatic heterocycles. The van der Waals surface area contributed by atoms with Gasteiger partial charge in [-0.1, -0.05) is 94.4 Å². The number of methoxy groups -OCH3 is 1. The minimum atomic E-state index is -0.627. The zero-order valence-corrected chi connectivity index (χ0v) is 23.4. The molecule has 3 aromatic carbocycles. The maximum Gasteiger partial charge on any atom is 0.243 e. The Hall–Kier alpha value is -3.60. The normalized spacial score (nSPS) is 11.9. The highest BCUT2D eigenvalue weighted by Crippen LogP contribution is 2.20. The van der Waals surface area contributed by atoms with Crippen LogP contribution in [0.5, 0.6) is 5.75 Å². The quantitative estimate of drug-likeness (QED) is 0.297. The topological polar surface area (TPSA) is 58.6 Å². The summed E-state index contributed by atoms with van der Waals surface area (Å²) in [4.78, 5) is 29.1. The first-order valence-electron chi connectivity index (χ1n) is 13.6. The fraction of sp³-hybridized carbons (Fsp3) is 0.394. The molecule has 0 saturated carbocycles. The van der Waals surface area contributed by atoms with Crippen LogP contribution in [0.15, 0.2) is 78.9 Å². The highest BCUT2D eigenvalue weighted by molar-refractivity contribution is 5.88. The molecule has 1 atom stereocenters. The number of ether oxygens (including phenoxy) is 1. The summed E-state index contributed by atoms with van der Waals surface area (Å²) in [7, 11) is 1.63. The number of amides is 2. The van der Waals surface area contributed by atoms with E-state index < -0.39 is 6.04 Å². The van der Waals surface area contributed by atoms with Crippen LogP contribution in [0.3, 0.4) is 0 Å². The van der Waals surface area contributed by atoms with Crippen LogP contribution in [0.25, 0.3) is 0 Å². The average Bonchev–Trinajstić information content (AvgIpc) is 2.93. The minimum Gasteiger partial charge on any atom is -0.497 e. The Kier molecular flexibility index (Phi) is 11.0. The molecule has 0 radical (unpaired) electrons. The second-order valence-corrected chi connectivity index (χ2v) is 10.6. The van der Waals surface area contributed by atoms with Gasteiger partial charge in [-0.05, 0) is 52.6 Å². The molecule has 2 amide bonds. The lowest BCUT2D eigenvalue weighted by molar-refractivity contribution is -0.141. The van der Waals surface area contributed by atoms with Gasteiger partial charge in [0.25, 0.3) is 0 Å². The van der Waals surface area contributed by atoms with Crippen LogP contribution < -0.4 is 10.1 Å². The Morgan fingerprint density at radius 2 is 1.53 bits per heavy atom. The lowest BCUT2D eigenvalue weighted by atomic mass is 9.99. The molecule has 3 rings (SSSR count). The highest BCUT2D eigenvalue weighted by Gasteiger charge is 2.30. The van der Waals surface area contributed by atoms with Crippen LogP contribution in [0.4, 0.5) is 0 Å². The number of hydrogen-bond donors (Lipinski definition) is 1. The molecule has 202 valence electrons. The van der Waals surface area contributed by atoms with Gasteiger partial charge in [0.05, 0.1) is 7.11 Å². The summed E-state index contributed by atoms with van der Waals surface area (Å²) >= 11 is 0. The third-order valence-corrected chi connectivity index (χ3v) is 6.72. The molecule has 0 aliphatic carbocycles. The van der Waals surface area contributed by atoms with Crippen LogP contribution in [0.2, 0.25) is 0 Å². The van der Waals surface area contributed by atoms with Crippen LogP contribution in [0.1, 0.15) is 62.3 Å². The van der Waals surface area contributed by atoms with Gasteiger partial charge in [0, 0.05) is 25.9 Å². The molecule has 5 heteroatoms. The molecule has 0 spiro atoms. The Bertz CT molecular complexity index is 1160. The van der Waals surface area contributed by atoms with Crippen LogP contribution in [-0.2, 0) is 29.0 Å². The van der Waals surface area contributed by atoms with E-state index in [4.69, 9.17) is 4.74 Å². The Labute approximate surface area is 228 Å². The third-order valence-electron chi connectivity index (χ3n) is 6.72. The van der Waals surface area contributed by atoms with Crippen molar-refractivity contribution in [2.24, 2.45) is 5.92 Å². The number of benzene rings is 3. The van der Waals surface area contributed by atoms with E-state index in [1.54, 1.807) is 12.0 Å². The largest absolute Gasteiger partial charge is 0.497 e. The average molecular weight is 515 g/mol. The zero-order chi connectivity index (χ0) is 27.5. The highest BCUT2D eigenvalue weighted by atomic mass is 16.5. The van der Waals surface area contributed by atoms with E-state index >= 15 is 0 Å². The standard InChI is InChI=1S/C33H42N2O3/c1-24(2)22-34-33(37)31(21-27-10-7-6-8-11-27)35(23-28-12-9-13-30(20-28)38-5)32(36)19-16-26-14-17-29(18-15-26)25(3)4/h6-15,17-18,20,24-25,31H,16,19,21-23H2,1-5H3,(H,34,37)/t31-/m0/s1. The lowest BCUT2D eigenvalue weighted by Gasteiger charge is -2.32. The van der Waals surface area contributed by atoms with Gasteiger partial charge in [0.1, 0.15) is 11.8 Å². The van der Waals surface area contributed by atoms with E-state index in [0.717, 1.165) is 22.4 Å². The number of carbonyl (C=O) groups is 2. The number of nitrogens with one attached hydrogen (secondary N) is 1. The van der Waals surface area contributed by atoms with Crippen molar-refractivity contribution in [3.63, 3.8) is 0 Å². The van der Waals surface area contributed by atoms with Gasteiger partial charge in [-0.15, -0.1) is 0 Å². The van der Waals surface area contributed by atoms with Crippen molar-refractivity contribution in [1.82, 2.24) is 10.2 Å². The predicted octanol–water partition coefficient (Wildman–Crippen LogP) is 6.16. The Morgan fingerprint density at radius 1 is 0.842 bits per heavy atom. The van der Waals surface area contributed by atoms with Crippen LogP contribution >= 0.6 is 0 Å². The fourth-order valence-corrected chi connectivity index (χ4v) is 4.41. The van der Waals surface area contributed by atoms with Crippen molar-refractivity contribution in [3.8, 4) is 5.75 Å². The number of nitrogens with zero attached hydrogens (tertiary/aromatic N) is 1. The molecule has 0 saturated heterocycles. The summed E-state index contributed by atoms with van der Waals surface area (Å²) in [6.45, 7) is 9.37. The number of carbonyl (C=O) groups excluding carboxylic acids is 2. The molecule has 1 N–H and O–H groups in total. The van der Waals surface area contributed by atoms with Gasteiger partial charge in [0.15, 0.2) is 0 Å². The molecule has 0 aliphatic rings. The maximum atomic E-state index is 13.8. The summed E-state index contributed by atoms with van der Waals surface area (Å²) in [5.74, 6) is 1.34. The van der Waals surface area contributed by atoms with Gasteiger partial charge in [0.2, 0.25) is 11.8 Å². The van der Waals surface area contributed by atoms with Crippen molar-refractivity contribution in [2.45, 2.75) is 65.5 Å². The first-order valence-corrected chi connectivity index (χ1v) is 13.6. The Morgan fingerprint density at radius 3 is 2.16 bits per heavy atom. The van der Waals surface area contributed by atoms with Gasteiger partial charge in [-0.3, -0.25) is 9.59 Å². The van der Waals surface area contributed by atoms with E-state index in [0.29, 0.717) is 44.2 Å². The van der Waals surface area contributed by atoms with E-state index in [9.17, 15) is 9.59 Å². The van der Waals surface area contributed by atoms with E-state index in [-0.39, 0.29) is 11.8 Å². The van der Waals surface area contributed by atoms with Gasteiger partial charge in [-0.25, -0.2) is 0 Å². The molecule has 0 bridgehead atoms. The summed E-state index contributed by atoms with van der Waals surface area (Å²) in [6, 6.07) is 25.4. The van der Waals surface area contributed by atoms with Crippen molar-refractivity contribution in [1.29, 1.82) is 0 Å². The predicted molar refractivity (Wildman–Crippen MR) is 154 cm³/mol. The number of rotatable bonds is 13. The first kappa shape index (κ1) is 29.0. The molecule has 0 heterocycles. The lowest BCUT2D eigenvalue weighted by Crippen LogP contribution is -2.51. The molecule has 3 aromatic rings. The van der Waals surface area contributed by atoms with Crippen molar-refractivity contribution in [3.05, 3.63) is 101 Å². The molecule has 0 fully saturated rings. The van der Waals surface area contributed by atoms with Gasteiger partial charge >= 0.3 is 0 Å². The second kappa shape index (κ2) is 14.4. The van der Waals surface area contributed by atoms with Crippen LogP contribution in [-0.4, -0.2) is 36.4 Å². The number of aryl methyl sites for hydroxylation is 1. The van der Waals surface area contributed by atoms with E-state index in [1.807, 2.05) is 54.6 Å². The summed E-state index contributed by atoms with van der Waals surface area (Å²) in [5, 5.41) is 3.08. The third kappa shape index (κ3) is 8.76. The second-order valence-electron chi connectivity index (χ2n) is 10.6. The summed E-state index contributed by atoms with van der Waals surface area (Å²) in [5.41, 5.74) is 4.34. The summed E-state index contributed by atoms with van der Waals surface area (Å²) in [6.07, 6.45) is 1.40. The smallest absolute Gasteiger partial charge is 0.243 e. The van der Waals surface area contributed by atoms with E-state index in [1.165, 1.54) is 5.56 Å². The molecular weight excluding hydrogens is 472 g/mol. The van der Waals surface area contributed by atoms with E-state index in [2.05, 4.69) is 57.3 Å². The molecule has 0 unspecified atom stereocenters. The monoisotopic (exact) mass is 514 g/mol. The number of hydrogen-bond acceptors (Lipinski definition) is 3. The van der Waals surface area contributed by atoms with Crippen molar-refractivity contribution in [2.75, 3.05) is 13.7 Å². The van der Waals surface area contributed by atoms with Gasteiger partial charge < -0.3 is 15.0 Å². The fourth-order valence-electron chi connectivity index (χ4n) is 4.41. The van der Waals surface area contributed by atoms with Crippen molar-refractivity contribution >= 4 is 11.8 Å². The van der Waals surface area contributed by atoms with Gasteiger partial charge in [-0.2, -0.15) is 0 Å². The minimum absolute atomic E-state index is 0.0404. The molecule has 0 aliphatic heterocycles. The SMILES string of the molecule is COc1cccc(CN(C(=O)CCc2ccc(C(C)C)cc2)[C@@H](Cc2ccccc2)C(=O)NCC(C)C)c1.